The first-order valence-corrected chi connectivity index (χ1v) is 8.09. The molecule has 0 unspecified atom stereocenters. The first kappa shape index (κ1) is 18.3. The van der Waals surface area contributed by atoms with Crippen molar-refractivity contribution in [2.24, 2.45) is 14.1 Å². The van der Waals surface area contributed by atoms with Gasteiger partial charge in [-0.3, -0.25) is 9.36 Å². The summed E-state index contributed by atoms with van der Waals surface area (Å²) in [5.74, 6) is -0.789. The Balaban J connectivity index is 1.94. The Kier molecular flexibility index (Phi) is 4.86. The molecule has 2 aliphatic heterocycles. The van der Waals surface area contributed by atoms with E-state index in [0.29, 0.717) is 5.56 Å². The molecule has 2 saturated heterocycles. The van der Waals surface area contributed by atoms with Crippen LogP contribution >= 0.6 is 0 Å². The topological polar surface area (TPSA) is 90.2 Å². The van der Waals surface area contributed by atoms with Crippen LogP contribution in [0.5, 0.6) is 0 Å². The van der Waals surface area contributed by atoms with Gasteiger partial charge in [0.2, 0.25) is 0 Å². The zero-order chi connectivity index (χ0) is 18.4. The summed E-state index contributed by atoms with van der Waals surface area (Å²) in [4.78, 5) is 24.5. The van der Waals surface area contributed by atoms with Gasteiger partial charge < -0.3 is 28.3 Å². The zero-order valence-corrected chi connectivity index (χ0v) is 15.1. The standard InChI is InChI=1S/C16H24N2O7/c1-16(2)24-12-10(7-22-8-21-5)23-11(13(12)25-16)9-6-17(3)15(20)18(4)14(9)19/h6,10-13H,7-8H2,1-5H3/t10-,11-,12-,13+/m1/s1. The number of nitrogens with zero attached hydrogens (tertiary/aromatic N) is 2. The van der Waals surface area contributed by atoms with Gasteiger partial charge in [-0.05, 0) is 13.8 Å². The number of hydrogen-bond donors (Lipinski definition) is 0. The van der Waals surface area contributed by atoms with Crippen molar-refractivity contribution in [3.05, 3.63) is 32.6 Å². The first-order valence-electron chi connectivity index (χ1n) is 8.09. The van der Waals surface area contributed by atoms with Crippen molar-refractivity contribution in [2.45, 2.75) is 44.1 Å². The SMILES string of the molecule is COCOC[C@H]1O[C@H](c2cn(C)c(=O)n(C)c2=O)[C@@H]2OC(C)(C)O[C@@H]21. The van der Waals surface area contributed by atoms with Gasteiger partial charge in [0.05, 0.1) is 12.2 Å². The number of aryl methyl sites for hydroxylation is 1. The molecule has 0 bridgehead atoms. The predicted molar refractivity (Wildman–Crippen MR) is 86.2 cm³/mol. The summed E-state index contributed by atoms with van der Waals surface area (Å²) in [6.45, 7) is 4.01. The lowest BCUT2D eigenvalue weighted by Gasteiger charge is -2.24. The molecule has 0 aliphatic carbocycles. The zero-order valence-electron chi connectivity index (χ0n) is 15.1. The number of fused-ring (bicyclic) bond motifs is 1. The van der Waals surface area contributed by atoms with E-state index in [1.54, 1.807) is 7.05 Å². The van der Waals surface area contributed by atoms with Gasteiger partial charge in [-0.25, -0.2) is 4.79 Å². The van der Waals surface area contributed by atoms with E-state index in [1.165, 1.54) is 24.9 Å². The highest BCUT2D eigenvalue weighted by molar-refractivity contribution is 5.16. The second-order valence-electron chi connectivity index (χ2n) is 6.78. The minimum absolute atomic E-state index is 0.133. The molecule has 9 heteroatoms. The third-order valence-electron chi connectivity index (χ3n) is 4.41. The van der Waals surface area contributed by atoms with Crippen molar-refractivity contribution >= 4 is 0 Å². The molecule has 0 spiro atoms. The monoisotopic (exact) mass is 356 g/mol. The molecule has 3 heterocycles. The van der Waals surface area contributed by atoms with Crippen LogP contribution in [-0.4, -0.2) is 53.7 Å². The minimum Gasteiger partial charge on any atom is -0.362 e. The Hall–Kier alpha value is -1.52. The van der Waals surface area contributed by atoms with Crippen molar-refractivity contribution < 1.29 is 23.7 Å². The van der Waals surface area contributed by atoms with E-state index < -0.39 is 35.3 Å². The second-order valence-corrected chi connectivity index (χ2v) is 6.78. The molecule has 0 aromatic carbocycles. The number of ether oxygens (including phenoxy) is 5. The van der Waals surface area contributed by atoms with Gasteiger partial charge >= 0.3 is 5.69 Å². The van der Waals surface area contributed by atoms with E-state index in [4.69, 9.17) is 23.7 Å². The van der Waals surface area contributed by atoms with Gasteiger partial charge in [0, 0.05) is 27.4 Å². The van der Waals surface area contributed by atoms with Gasteiger partial charge in [-0.1, -0.05) is 0 Å². The smallest absolute Gasteiger partial charge is 0.330 e. The van der Waals surface area contributed by atoms with E-state index in [2.05, 4.69) is 0 Å². The molecule has 0 saturated carbocycles. The molecule has 25 heavy (non-hydrogen) atoms. The molecule has 0 amide bonds. The molecule has 3 rings (SSSR count). The molecule has 0 radical (unpaired) electrons. The van der Waals surface area contributed by atoms with Gasteiger partial charge in [0.25, 0.3) is 5.56 Å². The highest BCUT2D eigenvalue weighted by atomic mass is 16.8. The van der Waals surface area contributed by atoms with Crippen molar-refractivity contribution in [3.8, 4) is 0 Å². The fraction of sp³-hybridized carbons (Fsp3) is 0.750. The van der Waals surface area contributed by atoms with Crippen LogP contribution in [0.1, 0.15) is 25.5 Å². The molecule has 2 aliphatic rings. The quantitative estimate of drug-likeness (QED) is 0.527. The van der Waals surface area contributed by atoms with Crippen LogP contribution < -0.4 is 11.2 Å². The summed E-state index contributed by atoms with van der Waals surface area (Å²) in [6, 6.07) is 0. The number of rotatable bonds is 5. The number of hydrogen-bond acceptors (Lipinski definition) is 7. The summed E-state index contributed by atoms with van der Waals surface area (Å²) in [7, 11) is 4.57. The van der Waals surface area contributed by atoms with Crippen molar-refractivity contribution in [2.75, 3.05) is 20.5 Å². The van der Waals surface area contributed by atoms with E-state index in [1.807, 2.05) is 13.8 Å². The van der Waals surface area contributed by atoms with E-state index in [-0.39, 0.29) is 19.5 Å². The lowest BCUT2D eigenvalue weighted by atomic mass is 10.0. The Morgan fingerprint density at radius 1 is 1.20 bits per heavy atom. The van der Waals surface area contributed by atoms with E-state index in [9.17, 15) is 9.59 Å². The van der Waals surface area contributed by atoms with Crippen LogP contribution in [0.15, 0.2) is 15.8 Å². The molecule has 0 N–H and O–H groups in total. The number of methoxy groups -OCH3 is 1. The first-order chi connectivity index (χ1) is 11.7. The lowest BCUT2D eigenvalue weighted by molar-refractivity contribution is -0.196. The molecule has 140 valence electrons. The predicted octanol–water partition coefficient (Wildman–Crippen LogP) is -0.335. The van der Waals surface area contributed by atoms with Crippen LogP contribution in [0.25, 0.3) is 0 Å². The Morgan fingerprint density at radius 3 is 2.56 bits per heavy atom. The number of aromatic nitrogens is 2. The fourth-order valence-corrected chi connectivity index (χ4v) is 3.35. The van der Waals surface area contributed by atoms with E-state index >= 15 is 0 Å². The van der Waals surface area contributed by atoms with Crippen LogP contribution in [-0.2, 0) is 37.8 Å². The molecular weight excluding hydrogens is 332 g/mol. The summed E-state index contributed by atoms with van der Waals surface area (Å²) >= 11 is 0. The molecule has 4 atom stereocenters. The van der Waals surface area contributed by atoms with Crippen molar-refractivity contribution in [3.63, 3.8) is 0 Å². The molecule has 9 nitrogen and oxygen atoms in total. The Labute approximate surface area is 145 Å². The maximum atomic E-state index is 12.6. The molecular formula is C16H24N2O7. The second kappa shape index (κ2) is 6.65. The average molecular weight is 356 g/mol. The summed E-state index contributed by atoms with van der Waals surface area (Å²) in [5, 5.41) is 0. The minimum atomic E-state index is -0.789. The largest absolute Gasteiger partial charge is 0.362 e. The van der Waals surface area contributed by atoms with Crippen LogP contribution in [0.4, 0.5) is 0 Å². The Bertz CT molecular complexity index is 754. The van der Waals surface area contributed by atoms with Gasteiger partial charge in [0.15, 0.2) is 5.79 Å². The molecule has 1 aromatic rings. The van der Waals surface area contributed by atoms with Crippen LogP contribution in [0.3, 0.4) is 0 Å². The highest BCUT2D eigenvalue weighted by Crippen LogP contribution is 2.44. The maximum absolute atomic E-state index is 12.6. The fourth-order valence-electron chi connectivity index (χ4n) is 3.35. The van der Waals surface area contributed by atoms with Crippen LogP contribution in [0.2, 0.25) is 0 Å². The average Bonchev–Trinajstić information content (AvgIpc) is 3.03. The van der Waals surface area contributed by atoms with Crippen molar-refractivity contribution in [1.29, 1.82) is 0 Å². The maximum Gasteiger partial charge on any atom is 0.330 e. The van der Waals surface area contributed by atoms with Gasteiger partial charge in [-0.15, -0.1) is 0 Å². The molecule has 1 aromatic heterocycles. The van der Waals surface area contributed by atoms with Crippen LogP contribution in [0, 0.1) is 0 Å². The lowest BCUT2D eigenvalue weighted by Crippen LogP contribution is -2.40. The molecule has 2 fully saturated rings. The Morgan fingerprint density at radius 2 is 1.88 bits per heavy atom. The van der Waals surface area contributed by atoms with Gasteiger partial charge in [-0.2, -0.15) is 0 Å². The normalized spacial score (nSPS) is 30.6. The third-order valence-corrected chi connectivity index (χ3v) is 4.41. The van der Waals surface area contributed by atoms with Gasteiger partial charge in [0.1, 0.15) is 31.2 Å². The summed E-state index contributed by atoms with van der Waals surface area (Å²) in [5.41, 5.74) is -0.444. The van der Waals surface area contributed by atoms with E-state index in [0.717, 1.165) is 4.57 Å². The highest BCUT2D eigenvalue weighted by Gasteiger charge is 2.56. The third kappa shape index (κ3) is 3.30. The van der Waals surface area contributed by atoms with Crippen molar-refractivity contribution in [1.82, 2.24) is 9.13 Å². The summed E-state index contributed by atoms with van der Waals surface area (Å²) in [6.07, 6.45) is -0.392. The summed E-state index contributed by atoms with van der Waals surface area (Å²) < 4.78 is 30.6.